The summed E-state index contributed by atoms with van der Waals surface area (Å²) in [5, 5.41) is 0. The molecule has 0 unspecified atom stereocenters. The minimum atomic E-state index is -0.282. The third-order valence-electron chi connectivity index (χ3n) is 2.11. The molecule has 72 valence electrons. The summed E-state index contributed by atoms with van der Waals surface area (Å²) < 4.78 is 10.7. The van der Waals surface area contributed by atoms with E-state index in [1.807, 2.05) is 25.1 Å². The lowest BCUT2D eigenvalue weighted by Crippen LogP contribution is -1.97. The van der Waals surface area contributed by atoms with Crippen molar-refractivity contribution < 1.29 is 9.47 Å². The van der Waals surface area contributed by atoms with Crippen molar-refractivity contribution in [2.45, 2.75) is 13.2 Å². The molecular formula is C11H11NO2. The Hall–Kier alpha value is -1.37. The zero-order valence-corrected chi connectivity index (χ0v) is 7.99. The van der Waals surface area contributed by atoms with E-state index in [0.717, 1.165) is 11.1 Å². The van der Waals surface area contributed by atoms with Crippen molar-refractivity contribution in [1.29, 1.82) is 0 Å². The van der Waals surface area contributed by atoms with Crippen LogP contribution in [0.2, 0.25) is 0 Å². The van der Waals surface area contributed by atoms with E-state index in [0.29, 0.717) is 18.9 Å². The summed E-state index contributed by atoms with van der Waals surface area (Å²) in [4.78, 5) is 3.40. The number of aryl methyl sites for hydroxylation is 1. The quantitative estimate of drug-likeness (QED) is 0.634. The second kappa shape index (κ2) is 3.79. The Labute approximate surface area is 83.1 Å². The molecule has 0 aromatic heterocycles. The van der Waals surface area contributed by atoms with Gasteiger partial charge in [0.15, 0.2) is 12.0 Å². The van der Waals surface area contributed by atoms with Crippen molar-refractivity contribution >= 4 is 5.69 Å². The van der Waals surface area contributed by atoms with Crippen LogP contribution < -0.4 is 0 Å². The normalized spacial score (nSPS) is 16.9. The van der Waals surface area contributed by atoms with Gasteiger partial charge in [-0.1, -0.05) is 17.7 Å². The molecule has 0 saturated carbocycles. The Morgan fingerprint density at radius 1 is 1.29 bits per heavy atom. The Bertz CT molecular complexity index is 375. The highest BCUT2D eigenvalue weighted by molar-refractivity contribution is 5.49. The maximum absolute atomic E-state index is 6.95. The van der Waals surface area contributed by atoms with Gasteiger partial charge in [0, 0.05) is 0 Å². The molecule has 1 aromatic carbocycles. The third-order valence-corrected chi connectivity index (χ3v) is 2.11. The molecule has 3 heteroatoms. The topological polar surface area (TPSA) is 22.8 Å². The van der Waals surface area contributed by atoms with Crippen molar-refractivity contribution in [2.24, 2.45) is 0 Å². The fourth-order valence-electron chi connectivity index (χ4n) is 1.54. The van der Waals surface area contributed by atoms with Gasteiger partial charge in [0.1, 0.15) is 0 Å². The second-order valence-corrected chi connectivity index (χ2v) is 3.29. The van der Waals surface area contributed by atoms with Crippen molar-refractivity contribution in [3.05, 3.63) is 40.7 Å². The van der Waals surface area contributed by atoms with Crippen LogP contribution in [0.25, 0.3) is 4.85 Å². The highest BCUT2D eigenvalue weighted by Crippen LogP contribution is 2.27. The van der Waals surface area contributed by atoms with Gasteiger partial charge < -0.3 is 9.47 Å². The maximum Gasteiger partial charge on any atom is 0.187 e. The number of hydrogen-bond acceptors (Lipinski definition) is 2. The molecule has 0 radical (unpaired) electrons. The second-order valence-electron chi connectivity index (χ2n) is 3.29. The molecule has 1 aromatic rings. The smallest absolute Gasteiger partial charge is 0.187 e. The van der Waals surface area contributed by atoms with E-state index in [2.05, 4.69) is 4.85 Å². The predicted octanol–water partition coefficient (Wildman–Crippen LogP) is 2.59. The first-order chi connectivity index (χ1) is 6.79. The number of benzene rings is 1. The average molecular weight is 189 g/mol. The molecule has 1 saturated heterocycles. The van der Waals surface area contributed by atoms with Crippen molar-refractivity contribution in [2.75, 3.05) is 13.2 Å². The Balaban J connectivity index is 2.33. The number of rotatable bonds is 1. The molecule has 1 fully saturated rings. The predicted molar refractivity (Wildman–Crippen MR) is 52.1 cm³/mol. The molecule has 1 heterocycles. The Kier molecular flexibility index (Phi) is 2.49. The van der Waals surface area contributed by atoms with E-state index >= 15 is 0 Å². The van der Waals surface area contributed by atoms with Crippen LogP contribution in [0, 0.1) is 13.5 Å². The summed E-state index contributed by atoms with van der Waals surface area (Å²) in [5.74, 6) is 0. The van der Waals surface area contributed by atoms with Gasteiger partial charge in [0.05, 0.1) is 19.8 Å². The van der Waals surface area contributed by atoms with Crippen LogP contribution in [0.5, 0.6) is 0 Å². The highest BCUT2D eigenvalue weighted by Gasteiger charge is 2.18. The molecule has 0 bridgehead atoms. The maximum atomic E-state index is 6.95. The fourth-order valence-corrected chi connectivity index (χ4v) is 1.54. The molecule has 1 aliphatic heterocycles. The Morgan fingerprint density at radius 2 is 2.00 bits per heavy atom. The highest BCUT2D eigenvalue weighted by atomic mass is 16.7. The van der Waals surface area contributed by atoms with Crippen LogP contribution >= 0.6 is 0 Å². The number of ether oxygens (including phenoxy) is 2. The van der Waals surface area contributed by atoms with E-state index in [1.165, 1.54) is 0 Å². The minimum absolute atomic E-state index is 0.282. The minimum Gasteiger partial charge on any atom is -0.346 e. The van der Waals surface area contributed by atoms with Gasteiger partial charge in [-0.25, -0.2) is 4.85 Å². The lowest BCUT2D eigenvalue weighted by atomic mass is 10.1. The summed E-state index contributed by atoms with van der Waals surface area (Å²) in [6, 6.07) is 5.66. The lowest BCUT2D eigenvalue weighted by molar-refractivity contribution is -0.0441. The fraction of sp³-hybridized carbons (Fsp3) is 0.364. The summed E-state index contributed by atoms with van der Waals surface area (Å²) in [6.07, 6.45) is -0.282. The summed E-state index contributed by atoms with van der Waals surface area (Å²) in [5.41, 5.74) is 2.64. The first-order valence-corrected chi connectivity index (χ1v) is 4.52. The number of hydrogen-bond donors (Lipinski definition) is 0. The van der Waals surface area contributed by atoms with Crippen molar-refractivity contribution in [3.63, 3.8) is 0 Å². The lowest BCUT2D eigenvalue weighted by Gasteiger charge is -2.10. The van der Waals surface area contributed by atoms with Gasteiger partial charge in [0.2, 0.25) is 0 Å². The van der Waals surface area contributed by atoms with Crippen LogP contribution in [0.15, 0.2) is 18.2 Å². The first kappa shape index (κ1) is 9.20. The van der Waals surface area contributed by atoms with Crippen LogP contribution in [-0.2, 0) is 9.47 Å². The number of nitrogens with zero attached hydrogens (tertiary/aromatic N) is 1. The summed E-state index contributed by atoms with van der Waals surface area (Å²) in [6.45, 7) is 10.2. The van der Waals surface area contributed by atoms with Gasteiger partial charge in [-0.15, -0.1) is 0 Å². The van der Waals surface area contributed by atoms with Crippen molar-refractivity contribution in [1.82, 2.24) is 0 Å². The van der Waals surface area contributed by atoms with E-state index in [-0.39, 0.29) is 6.29 Å². The van der Waals surface area contributed by atoms with Crippen LogP contribution in [0.4, 0.5) is 5.69 Å². The third kappa shape index (κ3) is 1.77. The van der Waals surface area contributed by atoms with Gasteiger partial charge in [-0.2, -0.15) is 0 Å². The molecule has 1 aliphatic rings. The van der Waals surface area contributed by atoms with Crippen molar-refractivity contribution in [3.8, 4) is 0 Å². The first-order valence-electron chi connectivity index (χ1n) is 4.52. The molecular weight excluding hydrogens is 178 g/mol. The van der Waals surface area contributed by atoms with Crippen LogP contribution in [0.1, 0.15) is 17.4 Å². The van der Waals surface area contributed by atoms with Gasteiger partial charge >= 0.3 is 0 Å². The largest absolute Gasteiger partial charge is 0.346 e. The standard InChI is InChI=1S/C11H11NO2/c1-8-5-9(7-10(6-8)12-2)11-13-3-4-14-11/h5-7,11H,3-4H2,1H3. The summed E-state index contributed by atoms with van der Waals surface area (Å²) in [7, 11) is 0. The van der Waals surface area contributed by atoms with Gasteiger partial charge in [0.25, 0.3) is 0 Å². The van der Waals surface area contributed by atoms with E-state index in [9.17, 15) is 0 Å². The molecule has 14 heavy (non-hydrogen) atoms. The monoisotopic (exact) mass is 189 g/mol. The molecule has 0 spiro atoms. The average Bonchev–Trinajstić information content (AvgIpc) is 2.69. The van der Waals surface area contributed by atoms with E-state index in [4.69, 9.17) is 16.0 Å². The van der Waals surface area contributed by atoms with Crippen LogP contribution in [0.3, 0.4) is 0 Å². The SMILES string of the molecule is [C-]#[N+]c1cc(C)cc(C2OCCO2)c1. The molecule has 0 aliphatic carbocycles. The van der Waals surface area contributed by atoms with E-state index in [1.54, 1.807) is 0 Å². The molecule has 3 nitrogen and oxygen atoms in total. The zero-order valence-electron chi connectivity index (χ0n) is 7.99. The molecule has 0 N–H and O–H groups in total. The van der Waals surface area contributed by atoms with E-state index < -0.39 is 0 Å². The molecule has 0 atom stereocenters. The van der Waals surface area contributed by atoms with Gasteiger partial charge in [-0.05, 0) is 18.6 Å². The Morgan fingerprint density at radius 3 is 2.64 bits per heavy atom. The van der Waals surface area contributed by atoms with Crippen LogP contribution in [-0.4, -0.2) is 13.2 Å². The van der Waals surface area contributed by atoms with Gasteiger partial charge in [-0.3, -0.25) is 0 Å². The summed E-state index contributed by atoms with van der Waals surface area (Å²) >= 11 is 0. The zero-order chi connectivity index (χ0) is 9.97. The molecule has 0 amide bonds. The molecule has 2 rings (SSSR count).